The average molecular weight is 238 g/mol. The first-order chi connectivity index (χ1) is 7.81. The summed E-state index contributed by atoms with van der Waals surface area (Å²) in [5, 5.41) is 4.14. The number of nitrogen functional groups attached to an aromatic ring is 1. The van der Waals surface area contributed by atoms with Crippen LogP contribution in [-0.4, -0.2) is 27.0 Å². The van der Waals surface area contributed by atoms with Crippen LogP contribution in [0.25, 0.3) is 0 Å². The Morgan fingerprint density at radius 2 is 2.44 bits per heavy atom. The van der Waals surface area contributed by atoms with Crippen LogP contribution < -0.4 is 11.1 Å². The smallest absolute Gasteiger partial charge is 0.152 e. The van der Waals surface area contributed by atoms with Gasteiger partial charge in [-0.1, -0.05) is 13.3 Å². The Hall–Kier alpha value is -0.970. The first kappa shape index (κ1) is 11.5. The van der Waals surface area contributed by atoms with Gasteiger partial charge >= 0.3 is 0 Å². The molecule has 0 aliphatic heterocycles. The minimum Gasteiger partial charge on any atom is -0.394 e. The molecule has 3 N–H and O–H groups in total. The van der Waals surface area contributed by atoms with Crippen molar-refractivity contribution in [1.29, 1.82) is 0 Å². The number of thioether (sulfide) groups is 1. The second kappa shape index (κ2) is 5.39. The van der Waals surface area contributed by atoms with Gasteiger partial charge in [-0.05, 0) is 18.6 Å². The van der Waals surface area contributed by atoms with E-state index in [1.807, 2.05) is 11.8 Å². The van der Waals surface area contributed by atoms with Crippen molar-refractivity contribution >= 4 is 23.3 Å². The molecule has 0 saturated heterocycles. The Kier molecular flexibility index (Phi) is 3.88. The molecule has 2 rings (SSSR count). The molecule has 2 unspecified atom stereocenters. The fraction of sp³-hybridized carbons (Fsp3) is 0.636. The average Bonchev–Trinajstić information content (AvgIpc) is 2.70. The molecule has 1 aliphatic rings. The lowest BCUT2D eigenvalue weighted by atomic mass is 10.2. The topological polar surface area (TPSA) is 63.8 Å². The van der Waals surface area contributed by atoms with Crippen molar-refractivity contribution in [2.75, 3.05) is 16.8 Å². The SMILES string of the molecule is CCSC1CCCC1Nc1ncncc1N. The number of hydrogen-bond donors (Lipinski definition) is 2. The zero-order chi connectivity index (χ0) is 11.4. The summed E-state index contributed by atoms with van der Waals surface area (Å²) < 4.78 is 0. The maximum Gasteiger partial charge on any atom is 0.152 e. The second-order valence-corrected chi connectivity index (χ2v) is 5.52. The van der Waals surface area contributed by atoms with Gasteiger partial charge in [-0.2, -0.15) is 11.8 Å². The monoisotopic (exact) mass is 238 g/mol. The number of rotatable bonds is 4. The molecule has 4 nitrogen and oxygen atoms in total. The summed E-state index contributed by atoms with van der Waals surface area (Å²) in [6, 6.07) is 0.502. The molecule has 0 amide bonds. The molecule has 16 heavy (non-hydrogen) atoms. The molecule has 0 bridgehead atoms. The van der Waals surface area contributed by atoms with Crippen LogP contribution in [-0.2, 0) is 0 Å². The van der Waals surface area contributed by atoms with Gasteiger partial charge in [0.05, 0.1) is 11.9 Å². The molecule has 0 aromatic carbocycles. The van der Waals surface area contributed by atoms with Gasteiger partial charge < -0.3 is 11.1 Å². The van der Waals surface area contributed by atoms with Gasteiger partial charge in [0.15, 0.2) is 5.82 Å². The molecule has 0 spiro atoms. The first-order valence-electron chi connectivity index (χ1n) is 5.75. The molecule has 2 atom stereocenters. The van der Waals surface area contributed by atoms with E-state index < -0.39 is 0 Å². The summed E-state index contributed by atoms with van der Waals surface area (Å²) in [6.45, 7) is 2.21. The number of nitrogens with one attached hydrogen (secondary N) is 1. The standard InChI is InChI=1S/C11H18N4S/c1-2-16-10-5-3-4-9(10)15-11-8(12)6-13-7-14-11/h6-7,9-10H,2-5,12H2,1H3,(H,13,14,15). The lowest BCUT2D eigenvalue weighted by Gasteiger charge is -2.21. The van der Waals surface area contributed by atoms with Crippen LogP contribution >= 0.6 is 11.8 Å². The third-order valence-electron chi connectivity index (χ3n) is 2.90. The highest BCUT2D eigenvalue weighted by molar-refractivity contribution is 7.99. The second-order valence-electron chi connectivity index (χ2n) is 4.00. The summed E-state index contributed by atoms with van der Waals surface area (Å²) in [4.78, 5) is 8.07. The van der Waals surface area contributed by atoms with Gasteiger partial charge in [-0.3, -0.25) is 0 Å². The van der Waals surface area contributed by atoms with Gasteiger partial charge in [0.25, 0.3) is 0 Å². The Morgan fingerprint density at radius 3 is 3.19 bits per heavy atom. The quantitative estimate of drug-likeness (QED) is 0.841. The maximum atomic E-state index is 5.82. The zero-order valence-corrected chi connectivity index (χ0v) is 10.3. The third kappa shape index (κ3) is 2.58. The Bertz CT molecular complexity index is 345. The molecule has 1 aromatic rings. The van der Waals surface area contributed by atoms with Crippen LogP contribution in [0, 0.1) is 0 Å². The summed E-state index contributed by atoms with van der Waals surface area (Å²) in [6.07, 6.45) is 6.98. The van der Waals surface area contributed by atoms with Gasteiger partial charge in [0.1, 0.15) is 6.33 Å². The van der Waals surface area contributed by atoms with Crippen LogP contribution in [0.15, 0.2) is 12.5 Å². The van der Waals surface area contributed by atoms with E-state index >= 15 is 0 Å². The van der Waals surface area contributed by atoms with Crippen LogP contribution in [0.4, 0.5) is 11.5 Å². The largest absolute Gasteiger partial charge is 0.394 e. The van der Waals surface area contributed by atoms with Gasteiger partial charge in [-0.15, -0.1) is 0 Å². The number of nitrogens with zero attached hydrogens (tertiary/aromatic N) is 2. The van der Waals surface area contributed by atoms with Crippen molar-refractivity contribution in [2.45, 2.75) is 37.5 Å². The predicted octanol–water partition coefficient (Wildman–Crippen LogP) is 2.14. The van der Waals surface area contributed by atoms with E-state index in [1.54, 1.807) is 6.20 Å². The van der Waals surface area contributed by atoms with E-state index in [4.69, 9.17) is 5.73 Å². The minimum absolute atomic E-state index is 0.502. The fourth-order valence-corrected chi connectivity index (χ4v) is 3.34. The molecule has 5 heteroatoms. The summed E-state index contributed by atoms with van der Waals surface area (Å²) >= 11 is 2.03. The van der Waals surface area contributed by atoms with E-state index in [1.165, 1.54) is 31.3 Å². The highest BCUT2D eigenvalue weighted by Gasteiger charge is 2.27. The van der Waals surface area contributed by atoms with Crippen molar-refractivity contribution in [1.82, 2.24) is 9.97 Å². The van der Waals surface area contributed by atoms with Crippen molar-refractivity contribution in [3.63, 3.8) is 0 Å². The highest BCUT2D eigenvalue weighted by Crippen LogP contribution is 2.32. The molecule has 0 radical (unpaired) electrons. The number of aromatic nitrogens is 2. The normalized spacial score (nSPS) is 24.6. The Balaban J connectivity index is 2.01. The van der Waals surface area contributed by atoms with Crippen molar-refractivity contribution < 1.29 is 0 Å². The Morgan fingerprint density at radius 1 is 1.56 bits per heavy atom. The molecule has 88 valence electrons. The van der Waals surface area contributed by atoms with Gasteiger partial charge in [0.2, 0.25) is 0 Å². The predicted molar refractivity (Wildman–Crippen MR) is 69.6 cm³/mol. The zero-order valence-electron chi connectivity index (χ0n) is 9.52. The number of nitrogens with two attached hydrogens (primary N) is 1. The molecule has 1 aliphatic carbocycles. The van der Waals surface area contributed by atoms with E-state index in [-0.39, 0.29) is 0 Å². The highest BCUT2D eigenvalue weighted by atomic mass is 32.2. The van der Waals surface area contributed by atoms with Crippen LogP contribution in [0.2, 0.25) is 0 Å². The lowest BCUT2D eigenvalue weighted by molar-refractivity contribution is 0.762. The van der Waals surface area contributed by atoms with E-state index in [0.29, 0.717) is 17.0 Å². The summed E-state index contributed by atoms with van der Waals surface area (Å²) in [7, 11) is 0. The van der Waals surface area contributed by atoms with Crippen LogP contribution in [0.5, 0.6) is 0 Å². The van der Waals surface area contributed by atoms with Crippen LogP contribution in [0.3, 0.4) is 0 Å². The fourth-order valence-electron chi connectivity index (χ4n) is 2.14. The molecular formula is C11H18N4S. The van der Waals surface area contributed by atoms with Crippen molar-refractivity contribution in [3.8, 4) is 0 Å². The van der Waals surface area contributed by atoms with Crippen molar-refractivity contribution in [3.05, 3.63) is 12.5 Å². The molecular weight excluding hydrogens is 220 g/mol. The van der Waals surface area contributed by atoms with E-state index in [2.05, 4.69) is 22.2 Å². The molecule has 1 fully saturated rings. The van der Waals surface area contributed by atoms with Crippen LogP contribution in [0.1, 0.15) is 26.2 Å². The Labute approximate surface area is 100 Å². The summed E-state index contributed by atoms with van der Waals surface area (Å²) in [5.41, 5.74) is 6.46. The van der Waals surface area contributed by atoms with Gasteiger partial charge in [-0.25, -0.2) is 9.97 Å². The molecule has 1 saturated carbocycles. The third-order valence-corrected chi connectivity index (χ3v) is 4.22. The van der Waals surface area contributed by atoms with Gasteiger partial charge in [0, 0.05) is 11.3 Å². The molecule has 1 aromatic heterocycles. The lowest BCUT2D eigenvalue weighted by Crippen LogP contribution is -2.27. The number of hydrogen-bond acceptors (Lipinski definition) is 5. The van der Waals surface area contributed by atoms with Crippen molar-refractivity contribution in [2.24, 2.45) is 0 Å². The number of anilines is 2. The summed E-state index contributed by atoms with van der Waals surface area (Å²) in [5.74, 6) is 1.95. The van der Waals surface area contributed by atoms with E-state index in [9.17, 15) is 0 Å². The molecule has 1 heterocycles. The van der Waals surface area contributed by atoms with E-state index in [0.717, 1.165) is 5.82 Å². The first-order valence-corrected chi connectivity index (χ1v) is 6.79. The minimum atomic E-state index is 0.502. The maximum absolute atomic E-state index is 5.82.